The lowest BCUT2D eigenvalue weighted by molar-refractivity contribution is 0.186. The summed E-state index contributed by atoms with van der Waals surface area (Å²) in [5.41, 5.74) is 3.32. The number of piperidine rings is 1. The highest BCUT2D eigenvalue weighted by molar-refractivity contribution is 7.78. The number of hydrogen-bond acceptors (Lipinski definition) is 3. The van der Waals surface area contributed by atoms with Gasteiger partial charge in [0.2, 0.25) is 0 Å². The third kappa shape index (κ3) is 12.5. The van der Waals surface area contributed by atoms with E-state index >= 15 is 0 Å². The zero-order valence-corrected chi connectivity index (χ0v) is 17.7. The van der Waals surface area contributed by atoms with E-state index in [9.17, 15) is 0 Å². The summed E-state index contributed by atoms with van der Waals surface area (Å²) < 4.78 is 0. The van der Waals surface area contributed by atoms with Crippen LogP contribution in [0.4, 0.5) is 0 Å². The van der Waals surface area contributed by atoms with E-state index in [-0.39, 0.29) is 0 Å². The smallest absolute Gasteiger partial charge is 0.0643 e. The van der Waals surface area contributed by atoms with Crippen molar-refractivity contribution in [3.63, 3.8) is 0 Å². The van der Waals surface area contributed by atoms with Crippen molar-refractivity contribution in [1.29, 1.82) is 0 Å². The number of allylic oxidation sites excluding steroid dienone is 1. The Hall–Kier alpha value is -0.610. The Kier molecular flexibility index (Phi) is 14.8. The first-order chi connectivity index (χ1) is 10.7. The van der Waals surface area contributed by atoms with Crippen LogP contribution >= 0.6 is 12.2 Å². The minimum Gasteiger partial charge on any atom is -0.375 e. The fourth-order valence-corrected chi connectivity index (χ4v) is 2.44. The van der Waals surface area contributed by atoms with Gasteiger partial charge in [0.25, 0.3) is 0 Å². The van der Waals surface area contributed by atoms with Crippen LogP contribution in [0.1, 0.15) is 67.7 Å². The Morgan fingerprint density at radius 1 is 1.30 bits per heavy atom. The monoisotopic (exact) mass is 343 g/mol. The first-order valence-electron chi connectivity index (χ1n) is 9.05. The summed E-state index contributed by atoms with van der Waals surface area (Å²) in [6.45, 7) is 22.0. The van der Waals surface area contributed by atoms with Crippen LogP contribution in [0.15, 0.2) is 12.3 Å². The largest absolute Gasteiger partial charge is 0.375 e. The van der Waals surface area contributed by atoms with E-state index in [1.807, 2.05) is 26.4 Å². The van der Waals surface area contributed by atoms with Gasteiger partial charge in [-0.3, -0.25) is 0 Å². The average Bonchev–Trinajstić information content (AvgIpc) is 2.54. The van der Waals surface area contributed by atoms with Crippen LogP contribution in [-0.4, -0.2) is 53.6 Å². The van der Waals surface area contributed by atoms with Gasteiger partial charge < -0.3 is 15.1 Å². The number of thiocarbonyl (C=S) groups is 1. The molecule has 0 aliphatic carbocycles. The summed E-state index contributed by atoms with van der Waals surface area (Å²) in [7, 11) is 1.96. The van der Waals surface area contributed by atoms with Crippen LogP contribution in [0.5, 0.6) is 0 Å². The predicted octanol–water partition coefficient (Wildman–Crippen LogP) is 4.68. The molecular weight excluding hydrogens is 302 g/mol. The molecule has 0 saturated carbocycles. The van der Waals surface area contributed by atoms with Gasteiger partial charge in [-0.25, -0.2) is 0 Å². The van der Waals surface area contributed by atoms with E-state index in [4.69, 9.17) is 12.2 Å². The quantitative estimate of drug-likeness (QED) is 0.730. The zero-order valence-electron chi connectivity index (χ0n) is 16.9. The molecule has 0 aromatic carbocycles. The van der Waals surface area contributed by atoms with Crippen molar-refractivity contribution in [3.8, 4) is 0 Å². The van der Waals surface area contributed by atoms with Gasteiger partial charge in [0.15, 0.2) is 0 Å². The van der Waals surface area contributed by atoms with Gasteiger partial charge in [0.05, 0.1) is 5.49 Å². The van der Waals surface area contributed by atoms with Crippen molar-refractivity contribution in [2.75, 3.05) is 26.7 Å². The number of nitrogens with zero attached hydrogens (tertiary/aromatic N) is 2. The third-order valence-electron chi connectivity index (χ3n) is 3.84. The van der Waals surface area contributed by atoms with E-state index < -0.39 is 0 Å². The molecule has 0 spiro atoms. The number of rotatable bonds is 5. The molecular formula is C19H41N3S. The zero-order chi connectivity index (χ0) is 18.5. The molecule has 1 rings (SSSR count). The molecule has 0 aromatic heterocycles. The van der Waals surface area contributed by atoms with Gasteiger partial charge in [-0.2, -0.15) is 0 Å². The van der Waals surface area contributed by atoms with Crippen LogP contribution < -0.4 is 5.32 Å². The van der Waals surface area contributed by atoms with Gasteiger partial charge >= 0.3 is 0 Å². The molecule has 138 valence electrons. The number of likely N-dealkylation sites (tertiary alicyclic amines) is 1. The molecule has 4 heteroatoms. The summed E-state index contributed by atoms with van der Waals surface area (Å²) >= 11 is 5.07. The SMILES string of the molecule is C=C(C)N1CCC(N(C=S)CCC)CC1.CC.CNC(C)(C)C. The molecule has 0 atom stereocenters. The summed E-state index contributed by atoms with van der Waals surface area (Å²) in [5, 5.41) is 3.10. The first kappa shape index (κ1) is 24.6. The topological polar surface area (TPSA) is 18.5 Å². The molecule has 1 aliphatic rings. The fourth-order valence-electron chi connectivity index (χ4n) is 2.16. The lowest BCUT2D eigenvalue weighted by Crippen LogP contribution is -2.43. The van der Waals surface area contributed by atoms with Crippen LogP contribution in [0.25, 0.3) is 0 Å². The van der Waals surface area contributed by atoms with Crippen LogP contribution in [0, 0.1) is 0 Å². The molecule has 0 aromatic rings. The number of hydrogen-bond donors (Lipinski definition) is 1. The van der Waals surface area contributed by atoms with Crippen molar-refractivity contribution in [3.05, 3.63) is 12.3 Å². The molecule has 1 aliphatic heterocycles. The molecule has 1 fully saturated rings. The normalized spacial score (nSPS) is 14.9. The van der Waals surface area contributed by atoms with E-state index in [0.717, 1.165) is 19.6 Å². The Morgan fingerprint density at radius 3 is 2.00 bits per heavy atom. The van der Waals surface area contributed by atoms with Gasteiger partial charge in [-0.1, -0.05) is 39.6 Å². The molecule has 1 saturated heterocycles. The Morgan fingerprint density at radius 2 is 1.74 bits per heavy atom. The molecule has 23 heavy (non-hydrogen) atoms. The maximum atomic E-state index is 5.07. The minimum atomic E-state index is 0.292. The predicted molar refractivity (Wildman–Crippen MR) is 110 cm³/mol. The summed E-state index contributed by atoms with van der Waals surface area (Å²) in [5.74, 6) is 0. The Bertz CT molecular complexity index is 302. The second kappa shape index (κ2) is 13.8. The summed E-state index contributed by atoms with van der Waals surface area (Å²) in [6.07, 6.45) is 3.59. The van der Waals surface area contributed by atoms with E-state index in [0.29, 0.717) is 11.6 Å². The minimum absolute atomic E-state index is 0.292. The van der Waals surface area contributed by atoms with E-state index in [1.165, 1.54) is 25.0 Å². The molecule has 1 N–H and O–H groups in total. The van der Waals surface area contributed by atoms with Gasteiger partial charge in [0, 0.05) is 36.9 Å². The van der Waals surface area contributed by atoms with Gasteiger partial charge in [-0.05, 0) is 54.0 Å². The lowest BCUT2D eigenvalue weighted by Gasteiger charge is -2.38. The molecule has 0 bridgehead atoms. The molecule has 1 heterocycles. The molecule has 0 amide bonds. The maximum absolute atomic E-state index is 5.07. The highest BCUT2D eigenvalue weighted by atomic mass is 32.1. The van der Waals surface area contributed by atoms with Crippen LogP contribution in [0.3, 0.4) is 0 Å². The highest BCUT2D eigenvalue weighted by Gasteiger charge is 2.21. The van der Waals surface area contributed by atoms with Crippen molar-refractivity contribution in [1.82, 2.24) is 15.1 Å². The molecule has 3 nitrogen and oxygen atoms in total. The second-order valence-electron chi connectivity index (χ2n) is 6.80. The maximum Gasteiger partial charge on any atom is 0.0643 e. The summed E-state index contributed by atoms with van der Waals surface area (Å²) in [4.78, 5) is 4.69. The van der Waals surface area contributed by atoms with Crippen molar-refractivity contribution >= 4 is 17.7 Å². The van der Waals surface area contributed by atoms with Crippen molar-refractivity contribution in [2.24, 2.45) is 0 Å². The van der Waals surface area contributed by atoms with Crippen LogP contribution in [-0.2, 0) is 0 Å². The van der Waals surface area contributed by atoms with E-state index in [1.54, 1.807) is 0 Å². The third-order valence-corrected chi connectivity index (χ3v) is 4.11. The Balaban J connectivity index is 0. The lowest BCUT2D eigenvalue weighted by atomic mass is 10.0. The van der Waals surface area contributed by atoms with Crippen LogP contribution in [0.2, 0.25) is 0 Å². The molecule has 0 unspecified atom stereocenters. The molecule has 0 radical (unpaired) electrons. The highest BCUT2D eigenvalue weighted by Crippen LogP contribution is 2.18. The van der Waals surface area contributed by atoms with Crippen molar-refractivity contribution in [2.45, 2.75) is 79.3 Å². The van der Waals surface area contributed by atoms with Gasteiger partial charge in [-0.15, -0.1) is 0 Å². The van der Waals surface area contributed by atoms with E-state index in [2.05, 4.69) is 56.3 Å². The standard InChI is InChI=1S/C12H22N2S.C5H13N.C2H6/c1-4-7-14(10-15)12-5-8-13(9-6-12)11(2)3;1-5(2,3)6-4;1-2/h10,12H,2,4-9H2,1,3H3;6H,1-4H3;1-2H3. The van der Waals surface area contributed by atoms with Gasteiger partial charge in [0.1, 0.15) is 0 Å². The van der Waals surface area contributed by atoms with Crippen molar-refractivity contribution < 1.29 is 0 Å². The second-order valence-corrected chi connectivity index (χ2v) is 7.01. The summed E-state index contributed by atoms with van der Waals surface area (Å²) in [6, 6.07) is 0.651. The first-order valence-corrected chi connectivity index (χ1v) is 9.52. The number of nitrogens with one attached hydrogen (secondary N) is 1. The fraction of sp³-hybridized carbons (Fsp3) is 0.842. The average molecular weight is 344 g/mol. The Labute approximate surface area is 151 Å².